The van der Waals surface area contributed by atoms with Crippen molar-refractivity contribution in [2.24, 2.45) is 5.41 Å². The second-order valence-electron chi connectivity index (χ2n) is 6.51. The SMILES string of the molecule is CCCNC(CCCc1ccc(F)c(Cl)c1)C(C)(C)C. The number of hydrogen-bond acceptors (Lipinski definition) is 1. The predicted molar refractivity (Wildman–Crippen MR) is 85.9 cm³/mol. The lowest BCUT2D eigenvalue weighted by Gasteiger charge is -2.32. The quantitative estimate of drug-likeness (QED) is 0.728. The fraction of sp³-hybridized carbons (Fsp3) is 0.647. The van der Waals surface area contributed by atoms with Gasteiger partial charge in [-0.2, -0.15) is 0 Å². The molecule has 1 aromatic rings. The van der Waals surface area contributed by atoms with Crippen LogP contribution in [0.4, 0.5) is 4.39 Å². The molecule has 1 nitrogen and oxygen atoms in total. The monoisotopic (exact) mass is 299 g/mol. The van der Waals surface area contributed by atoms with Gasteiger partial charge in [0.2, 0.25) is 0 Å². The van der Waals surface area contributed by atoms with Crippen LogP contribution in [0.5, 0.6) is 0 Å². The first-order chi connectivity index (χ1) is 9.34. The molecule has 1 aromatic carbocycles. The van der Waals surface area contributed by atoms with E-state index >= 15 is 0 Å². The number of aryl methyl sites for hydroxylation is 1. The first-order valence-corrected chi connectivity index (χ1v) is 7.89. The molecule has 0 aromatic heterocycles. The van der Waals surface area contributed by atoms with Gasteiger partial charge in [-0.05, 0) is 55.3 Å². The summed E-state index contributed by atoms with van der Waals surface area (Å²) < 4.78 is 13.1. The zero-order valence-electron chi connectivity index (χ0n) is 13.1. The summed E-state index contributed by atoms with van der Waals surface area (Å²) in [5, 5.41) is 3.85. The highest BCUT2D eigenvalue weighted by Crippen LogP contribution is 2.24. The van der Waals surface area contributed by atoms with Crippen LogP contribution in [0.25, 0.3) is 0 Å². The number of benzene rings is 1. The lowest BCUT2D eigenvalue weighted by atomic mass is 9.83. The molecule has 0 heterocycles. The topological polar surface area (TPSA) is 12.0 Å². The van der Waals surface area contributed by atoms with Crippen LogP contribution >= 0.6 is 11.6 Å². The van der Waals surface area contributed by atoms with Crippen LogP contribution in [0.15, 0.2) is 18.2 Å². The Bertz CT molecular complexity index is 412. The molecule has 0 amide bonds. The van der Waals surface area contributed by atoms with Crippen LogP contribution in [0, 0.1) is 11.2 Å². The maximum Gasteiger partial charge on any atom is 0.141 e. The van der Waals surface area contributed by atoms with Crippen molar-refractivity contribution in [1.29, 1.82) is 0 Å². The lowest BCUT2D eigenvalue weighted by Crippen LogP contribution is -2.40. The van der Waals surface area contributed by atoms with Crippen molar-refractivity contribution in [1.82, 2.24) is 5.32 Å². The Morgan fingerprint density at radius 1 is 1.30 bits per heavy atom. The van der Waals surface area contributed by atoms with E-state index < -0.39 is 0 Å². The van der Waals surface area contributed by atoms with E-state index in [9.17, 15) is 4.39 Å². The summed E-state index contributed by atoms with van der Waals surface area (Å²) in [6, 6.07) is 5.53. The summed E-state index contributed by atoms with van der Waals surface area (Å²) >= 11 is 5.81. The van der Waals surface area contributed by atoms with Crippen LogP contribution < -0.4 is 5.32 Å². The van der Waals surface area contributed by atoms with Gasteiger partial charge < -0.3 is 5.32 Å². The van der Waals surface area contributed by atoms with E-state index in [4.69, 9.17) is 11.6 Å². The van der Waals surface area contributed by atoms with Crippen molar-refractivity contribution in [2.75, 3.05) is 6.54 Å². The summed E-state index contributed by atoms with van der Waals surface area (Å²) in [4.78, 5) is 0. The van der Waals surface area contributed by atoms with Crippen LogP contribution in [0.1, 0.15) is 52.5 Å². The maximum absolute atomic E-state index is 13.1. The van der Waals surface area contributed by atoms with Crippen molar-refractivity contribution in [3.63, 3.8) is 0 Å². The molecule has 1 rings (SSSR count). The summed E-state index contributed by atoms with van der Waals surface area (Å²) in [5.41, 5.74) is 1.37. The standard InChI is InChI=1S/C17H27ClFN/c1-5-11-20-16(17(2,3)4)8-6-7-13-9-10-15(19)14(18)12-13/h9-10,12,16,20H,5-8,11H2,1-4H3. The van der Waals surface area contributed by atoms with E-state index in [2.05, 4.69) is 33.0 Å². The first kappa shape index (κ1) is 17.5. The molecule has 20 heavy (non-hydrogen) atoms. The molecule has 1 atom stereocenters. The molecular formula is C17H27ClFN. The normalized spacial score (nSPS) is 13.5. The largest absolute Gasteiger partial charge is 0.313 e. The number of rotatable bonds is 7. The second-order valence-corrected chi connectivity index (χ2v) is 6.92. The lowest BCUT2D eigenvalue weighted by molar-refractivity contribution is 0.251. The zero-order valence-corrected chi connectivity index (χ0v) is 13.9. The maximum atomic E-state index is 13.1. The van der Waals surface area contributed by atoms with E-state index in [1.807, 2.05) is 6.07 Å². The van der Waals surface area contributed by atoms with Crippen molar-refractivity contribution in [2.45, 2.75) is 59.4 Å². The Balaban J connectivity index is 2.49. The highest BCUT2D eigenvalue weighted by molar-refractivity contribution is 6.30. The van der Waals surface area contributed by atoms with E-state index in [-0.39, 0.29) is 16.3 Å². The molecule has 0 radical (unpaired) electrons. The van der Waals surface area contributed by atoms with Gasteiger partial charge in [0.1, 0.15) is 5.82 Å². The van der Waals surface area contributed by atoms with Crippen LogP contribution in [-0.2, 0) is 6.42 Å². The molecule has 3 heteroatoms. The van der Waals surface area contributed by atoms with Gasteiger partial charge >= 0.3 is 0 Å². The average Bonchev–Trinajstić information content (AvgIpc) is 2.36. The average molecular weight is 300 g/mol. The van der Waals surface area contributed by atoms with Gasteiger partial charge in [-0.15, -0.1) is 0 Å². The van der Waals surface area contributed by atoms with Crippen molar-refractivity contribution >= 4 is 11.6 Å². The van der Waals surface area contributed by atoms with E-state index in [1.54, 1.807) is 6.07 Å². The number of halogens is 2. The summed E-state index contributed by atoms with van der Waals surface area (Å²) in [6.45, 7) is 10.1. The van der Waals surface area contributed by atoms with E-state index in [1.165, 1.54) is 6.07 Å². The predicted octanol–water partition coefficient (Wildman–Crippen LogP) is 5.22. The van der Waals surface area contributed by atoms with Gasteiger partial charge in [0.05, 0.1) is 5.02 Å². The van der Waals surface area contributed by atoms with Gasteiger partial charge in [-0.25, -0.2) is 4.39 Å². The minimum Gasteiger partial charge on any atom is -0.313 e. The van der Waals surface area contributed by atoms with Crippen molar-refractivity contribution in [3.05, 3.63) is 34.6 Å². The van der Waals surface area contributed by atoms with Gasteiger partial charge in [0.25, 0.3) is 0 Å². The second kappa shape index (κ2) is 7.99. The zero-order chi connectivity index (χ0) is 15.2. The molecule has 114 valence electrons. The summed E-state index contributed by atoms with van der Waals surface area (Å²) in [5.74, 6) is -0.340. The van der Waals surface area contributed by atoms with Crippen LogP contribution in [0.2, 0.25) is 5.02 Å². The van der Waals surface area contributed by atoms with E-state index in [0.29, 0.717) is 6.04 Å². The molecule has 0 aliphatic heterocycles. The van der Waals surface area contributed by atoms with Crippen LogP contribution in [-0.4, -0.2) is 12.6 Å². The highest BCUT2D eigenvalue weighted by Gasteiger charge is 2.23. The summed E-state index contributed by atoms with van der Waals surface area (Å²) in [6.07, 6.45) is 4.31. The Hall–Kier alpha value is -0.600. The van der Waals surface area contributed by atoms with Crippen LogP contribution in [0.3, 0.4) is 0 Å². The molecule has 0 fully saturated rings. The number of nitrogens with one attached hydrogen (secondary N) is 1. The van der Waals surface area contributed by atoms with Gasteiger partial charge in [-0.1, -0.05) is 45.4 Å². The van der Waals surface area contributed by atoms with Gasteiger partial charge in [0, 0.05) is 6.04 Å². The van der Waals surface area contributed by atoms with Gasteiger partial charge in [0.15, 0.2) is 0 Å². The summed E-state index contributed by atoms with van der Waals surface area (Å²) in [7, 11) is 0. The fourth-order valence-corrected chi connectivity index (χ4v) is 2.57. The smallest absolute Gasteiger partial charge is 0.141 e. The fourth-order valence-electron chi connectivity index (χ4n) is 2.37. The molecule has 0 bridgehead atoms. The Kier molecular flexibility index (Phi) is 6.97. The molecule has 0 aliphatic carbocycles. The first-order valence-electron chi connectivity index (χ1n) is 7.52. The molecule has 0 saturated carbocycles. The molecule has 0 aliphatic rings. The molecule has 0 spiro atoms. The number of hydrogen-bond donors (Lipinski definition) is 1. The Morgan fingerprint density at radius 2 is 2.00 bits per heavy atom. The third kappa shape index (κ3) is 5.80. The molecule has 0 saturated heterocycles. The highest BCUT2D eigenvalue weighted by atomic mass is 35.5. The van der Waals surface area contributed by atoms with Crippen molar-refractivity contribution < 1.29 is 4.39 Å². The molecule has 1 N–H and O–H groups in total. The van der Waals surface area contributed by atoms with E-state index in [0.717, 1.165) is 37.8 Å². The molecular weight excluding hydrogens is 273 g/mol. The minimum absolute atomic E-state index is 0.221. The van der Waals surface area contributed by atoms with Gasteiger partial charge in [-0.3, -0.25) is 0 Å². The Morgan fingerprint density at radius 3 is 2.55 bits per heavy atom. The van der Waals surface area contributed by atoms with Crippen molar-refractivity contribution in [3.8, 4) is 0 Å². The Labute approximate surface area is 127 Å². The third-order valence-corrected chi connectivity index (χ3v) is 3.92. The minimum atomic E-state index is -0.340. The molecule has 1 unspecified atom stereocenters. The third-order valence-electron chi connectivity index (χ3n) is 3.63.